The Morgan fingerprint density at radius 1 is 0.953 bits per heavy atom. The standard InChI is InChI=1S/C24H23N5O2S.C7H5ClO3/c1-16-7-9-25-20(13-16)19-8-10-26-24(27-19)29-15-22(32(2)31)18-6-5-17(14-21(18)29)23(30)28-11-3-4-12-28;8-6-3-1-2-5(4-6)7(9)11-10/h5-10,13-15H,3-4,11-12H2,1-2H3;1-4,10H. The monoisotopic (exact) mass is 617 g/mol. The molecule has 1 amide bonds. The van der Waals surface area contributed by atoms with Gasteiger partial charge >= 0.3 is 5.97 Å². The molecule has 1 aliphatic rings. The number of benzene rings is 2. The van der Waals surface area contributed by atoms with Crippen LogP contribution in [0.15, 0.2) is 84.1 Å². The number of aryl methyl sites for hydroxylation is 1. The first-order chi connectivity index (χ1) is 20.7. The summed E-state index contributed by atoms with van der Waals surface area (Å²) in [6.45, 7) is 3.59. The molecular formula is C31H28ClN5O5S. The van der Waals surface area contributed by atoms with E-state index < -0.39 is 16.8 Å². The summed E-state index contributed by atoms with van der Waals surface area (Å²) in [5, 5.41) is 9.24. The zero-order chi connectivity index (χ0) is 30.5. The lowest BCUT2D eigenvalue weighted by Crippen LogP contribution is -2.27. The van der Waals surface area contributed by atoms with E-state index in [-0.39, 0.29) is 11.5 Å². The van der Waals surface area contributed by atoms with Crippen molar-refractivity contribution in [2.75, 3.05) is 19.3 Å². The van der Waals surface area contributed by atoms with Gasteiger partial charge in [0.05, 0.1) is 38.2 Å². The quantitative estimate of drug-likeness (QED) is 0.196. The van der Waals surface area contributed by atoms with E-state index in [1.807, 2.05) is 52.8 Å². The average Bonchev–Trinajstić information content (AvgIpc) is 3.69. The molecule has 0 saturated carbocycles. The maximum absolute atomic E-state index is 13.0. The van der Waals surface area contributed by atoms with Crippen molar-refractivity contribution in [1.29, 1.82) is 0 Å². The van der Waals surface area contributed by atoms with Gasteiger partial charge in [-0.1, -0.05) is 23.7 Å². The Kier molecular flexibility index (Phi) is 9.24. The van der Waals surface area contributed by atoms with Gasteiger partial charge in [-0.15, -0.1) is 0 Å². The number of hydrogen-bond donors (Lipinski definition) is 1. The summed E-state index contributed by atoms with van der Waals surface area (Å²) >= 11 is 5.56. The van der Waals surface area contributed by atoms with Gasteiger partial charge in [0.15, 0.2) is 0 Å². The van der Waals surface area contributed by atoms with Gasteiger partial charge in [-0.3, -0.25) is 23.4 Å². The van der Waals surface area contributed by atoms with E-state index in [2.05, 4.69) is 14.9 Å². The Morgan fingerprint density at radius 3 is 2.42 bits per heavy atom. The third-order valence-electron chi connectivity index (χ3n) is 6.90. The lowest BCUT2D eigenvalue weighted by molar-refractivity contribution is -0.182. The first-order valence-electron chi connectivity index (χ1n) is 13.4. The van der Waals surface area contributed by atoms with Crippen LogP contribution in [0.5, 0.6) is 0 Å². The highest BCUT2D eigenvalue weighted by Crippen LogP contribution is 2.28. The average molecular weight is 618 g/mol. The molecule has 1 atom stereocenters. The van der Waals surface area contributed by atoms with Crippen molar-refractivity contribution in [2.24, 2.45) is 0 Å². The summed E-state index contributed by atoms with van der Waals surface area (Å²) in [6, 6.07) is 17.4. The minimum Gasteiger partial charge on any atom is -0.339 e. The second-order valence-electron chi connectivity index (χ2n) is 9.90. The molecule has 1 aliphatic heterocycles. The molecule has 5 aromatic rings. The number of hydrogen-bond acceptors (Lipinski definition) is 8. The fraction of sp³-hybridized carbons (Fsp3) is 0.194. The molecular weight excluding hydrogens is 590 g/mol. The Bertz CT molecular complexity index is 1840. The van der Waals surface area contributed by atoms with Gasteiger partial charge in [0.1, 0.15) is 0 Å². The van der Waals surface area contributed by atoms with Crippen molar-refractivity contribution in [1.82, 2.24) is 24.4 Å². The molecule has 0 bridgehead atoms. The van der Waals surface area contributed by atoms with Crippen LogP contribution in [0, 0.1) is 6.92 Å². The molecule has 10 nitrogen and oxygen atoms in total. The van der Waals surface area contributed by atoms with Gasteiger partial charge in [0.2, 0.25) is 5.95 Å². The number of likely N-dealkylation sites (tertiary alicyclic amines) is 1. The topological polar surface area (TPSA) is 128 Å². The largest absolute Gasteiger partial charge is 0.372 e. The van der Waals surface area contributed by atoms with Crippen molar-refractivity contribution < 1.29 is 23.9 Å². The van der Waals surface area contributed by atoms with Crippen LogP contribution < -0.4 is 0 Å². The van der Waals surface area contributed by atoms with Crippen LogP contribution in [-0.2, 0) is 15.7 Å². The molecule has 0 spiro atoms. The fourth-order valence-electron chi connectivity index (χ4n) is 4.78. The molecule has 1 unspecified atom stereocenters. The number of amides is 1. The van der Waals surface area contributed by atoms with E-state index >= 15 is 0 Å². The van der Waals surface area contributed by atoms with Crippen LogP contribution >= 0.6 is 11.6 Å². The molecule has 3 aromatic heterocycles. The molecule has 43 heavy (non-hydrogen) atoms. The van der Waals surface area contributed by atoms with Crippen molar-refractivity contribution >= 4 is 45.2 Å². The summed E-state index contributed by atoms with van der Waals surface area (Å²) in [6.07, 6.45) is 8.97. The van der Waals surface area contributed by atoms with Crippen LogP contribution in [0.25, 0.3) is 28.2 Å². The fourth-order valence-corrected chi connectivity index (χ4v) is 5.70. The summed E-state index contributed by atoms with van der Waals surface area (Å²) < 4.78 is 14.2. The van der Waals surface area contributed by atoms with E-state index in [1.54, 1.807) is 37.0 Å². The maximum atomic E-state index is 13.0. The number of carbonyl (C=O) groups excluding carboxylic acids is 2. The maximum Gasteiger partial charge on any atom is 0.372 e. The second-order valence-corrected chi connectivity index (χ2v) is 11.7. The summed E-state index contributed by atoms with van der Waals surface area (Å²) in [5.41, 5.74) is 4.15. The molecule has 1 N–H and O–H groups in total. The van der Waals surface area contributed by atoms with E-state index in [1.165, 1.54) is 12.1 Å². The van der Waals surface area contributed by atoms with Gasteiger partial charge in [-0.25, -0.2) is 14.8 Å². The highest BCUT2D eigenvalue weighted by molar-refractivity contribution is 7.84. The Hall–Kier alpha value is -4.45. The first kappa shape index (κ1) is 30.0. The second kappa shape index (κ2) is 13.2. The predicted octanol–water partition coefficient (Wildman–Crippen LogP) is 5.73. The predicted molar refractivity (Wildman–Crippen MR) is 164 cm³/mol. The highest BCUT2D eigenvalue weighted by Gasteiger charge is 2.22. The summed E-state index contributed by atoms with van der Waals surface area (Å²) in [7, 11) is -1.20. The molecule has 0 aliphatic carbocycles. The molecule has 220 valence electrons. The van der Waals surface area contributed by atoms with E-state index in [0.717, 1.165) is 48.1 Å². The van der Waals surface area contributed by atoms with Crippen molar-refractivity contribution in [3.63, 3.8) is 0 Å². The zero-order valence-corrected chi connectivity index (χ0v) is 25.0. The minimum absolute atomic E-state index is 0.0231. The number of fused-ring (bicyclic) bond motifs is 1. The van der Waals surface area contributed by atoms with E-state index in [9.17, 15) is 13.8 Å². The van der Waals surface area contributed by atoms with Crippen LogP contribution in [0.1, 0.15) is 39.1 Å². The molecule has 1 fully saturated rings. The zero-order valence-electron chi connectivity index (χ0n) is 23.4. The van der Waals surface area contributed by atoms with Gasteiger partial charge in [0.25, 0.3) is 5.91 Å². The molecule has 4 heterocycles. The van der Waals surface area contributed by atoms with Gasteiger partial charge in [-0.2, -0.15) is 5.26 Å². The minimum atomic E-state index is -1.20. The lowest BCUT2D eigenvalue weighted by Gasteiger charge is -2.15. The molecule has 2 aromatic carbocycles. The van der Waals surface area contributed by atoms with Crippen LogP contribution in [0.3, 0.4) is 0 Å². The van der Waals surface area contributed by atoms with Crippen LogP contribution in [0.2, 0.25) is 5.02 Å². The Labute approximate surface area is 255 Å². The van der Waals surface area contributed by atoms with E-state index in [4.69, 9.17) is 21.8 Å². The molecule has 12 heteroatoms. The third kappa shape index (κ3) is 6.80. The molecule has 1 saturated heterocycles. The van der Waals surface area contributed by atoms with Crippen molar-refractivity contribution in [2.45, 2.75) is 24.7 Å². The van der Waals surface area contributed by atoms with Gasteiger partial charge in [0, 0.05) is 53.9 Å². The number of pyridine rings is 1. The summed E-state index contributed by atoms with van der Waals surface area (Å²) in [4.78, 5) is 43.3. The van der Waals surface area contributed by atoms with Crippen LogP contribution in [0.4, 0.5) is 0 Å². The van der Waals surface area contributed by atoms with Gasteiger partial charge < -0.3 is 4.90 Å². The first-order valence-corrected chi connectivity index (χ1v) is 15.3. The van der Waals surface area contributed by atoms with Gasteiger partial charge in [-0.05, 0) is 73.9 Å². The Balaban J connectivity index is 0.000000283. The number of carbonyl (C=O) groups is 2. The summed E-state index contributed by atoms with van der Waals surface area (Å²) in [5.74, 6) is -0.347. The smallest absolute Gasteiger partial charge is 0.339 e. The lowest BCUT2D eigenvalue weighted by atomic mass is 10.1. The van der Waals surface area contributed by atoms with E-state index in [0.29, 0.717) is 27.1 Å². The number of aromatic nitrogens is 4. The van der Waals surface area contributed by atoms with Crippen molar-refractivity contribution in [3.05, 3.63) is 101 Å². The highest BCUT2D eigenvalue weighted by atomic mass is 35.5. The number of rotatable bonds is 5. The molecule has 0 radical (unpaired) electrons. The SMILES string of the molecule is Cc1ccnc(-c2ccnc(-n3cc(S(C)=O)c4ccc(C(=O)N5CCCC5)cc43)n2)c1.O=C(OO)c1cccc(Cl)c1. The third-order valence-corrected chi connectivity index (χ3v) is 8.08. The molecule has 6 rings (SSSR count). The number of halogens is 1. The number of nitrogens with zero attached hydrogens (tertiary/aromatic N) is 5. The van der Waals surface area contributed by atoms with Crippen molar-refractivity contribution in [3.8, 4) is 17.3 Å². The van der Waals surface area contributed by atoms with Crippen LogP contribution in [-0.4, -0.2) is 65.1 Å². The normalized spacial score (nSPS) is 13.3. The Morgan fingerprint density at radius 2 is 1.72 bits per heavy atom.